The lowest BCUT2D eigenvalue weighted by Crippen LogP contribution is -2.61. The van der Waals surface area contributed by atoms with Gasteiger partial charge in [0.15, 0.2) is 0 Å². The summed E-state index contributed by atoms with van der Waals surface area (Å²) in [7, 11) is 0. The third-order valence-electron chi connectivity index (χ3n) is 20.2. The van der Waals surface area contributed by atoms with E-state index in [1.807, 2.05) is 0 Å². The first-order valence-electron chi connectivity index (χ1n) is 28.0. The molecule has 6 aliphatic rings. The molecular weight excluding hydrogens is 900 g/mol. The van der Waals surface area contributed by atoms with Gasteiger partial charge >= 0.3 is 0 Å². The summed E-state index contributed by atoms with van der Waals surface area (Å²) >= 11 is 2.10. The van der Waals surface area contributed by atoms with Gasteiger partial charge in [0, 0.05) is 43.2 Å². The second kappa shape index (κ2) is 14.9. The maximum atomic E-state index is 2.80. The Kier molecular flexibility index (Phi) is 9.70. The molecule has 4 heteroatoms. The summed E-state index contributed by atoms with van der Waals surface area (Å²) in [6, 6.07) is 42.5. The van der Waals surface area contributed by atoms with Crippen LogP contribution in [0.25, 0.3) is 21.2 Å². The van der Waals surface area contributed by atoms with Crippen LogP contribution in [-0.4, -0.2) is 6.71 Å². The molecule has 13 rings (SSSR count). The van der Waals surface area contributed by atoms with Crippen LogP contribution in [0.2, 0.25) is 0 Å². The molecular formula is C69H79BN2S. The van der Waals surface area contributed by atoms with E-state index < -0.39 is 0 Å². The molecule has 374 valence electrons. The third-order valence-corrected chi connectivity index (χ3v) is 21.4. The topological polar surface area (TPSA) is 6.48 Å². The van der Waals surface area contributed by atoms with Crippen molar-refractivity contribution in [2.45, 2.75) is 199 Å². The molecule has 2 unspecified atom stereocenters. The molecule has 0 radical (unpaired) electrons. The van der Waals surface area contributed by atoms with Crippen LogP contribution in [-0.2, 0) is 43.3 Å². The van der Waals surface area contributed by atoms with Crippen molar-refractivity contribution < 1.29 is 0 Å². The molecule has 0 N–H and O–H groups in total. The highest BCUT2D eigenvalue weighted by molar-refractivity contribution is 7.33. The predicted octanol–water partition coefficient (Wildman–Crippen LogP) is 17.7. The van der Waals surface area contributed by atoms with Crippen molar-refractivity contribution >= 4 is 78.0 Å². The summed E-state index contributed by atoms with van der Waals surface area (Å²) < 4.78 is 2.92. The number of rotatable bonds is 3. The minimum Gasteiger partial charge on any atom is -0.311 e. The molecule has 2 aliphatic heterocycles. The standard InChI is InChI=1S/C69H79BN2S/c1-62(2,3)42-22-25-54(45(32-42)41-20-18-17-19-21-41)72-57-34-43(63(4,5)6)33-56-59(57)70(61-60(72)46-36-51-52(39-58(46)73-61)69(16)31-30-68(51,15)40-69)53-37-49-50(67(13,14)29-28-66(49,11)12)38-55(53)71(56)44-23-24-47-48(35-44)65(9,10)27-26-64(47,7)8/h17-25,32-39H,26-31,40H2,1-16H3. The van der Waals surface area contributed by atoms with E-state index in [2.05, 4.69) is 235 Å². The second-order valence-corrected chi connectivity index (χ2v) is 30.4. The number of nitrogens with zero attached hydrogens (tertiary/aromatic N) is 2. The number of hydrogen-bond acceptors (Lipinski definition) is 3. The largest absolute Gasteiger partial charge is 0.311 e. The Morgan fingerprint density at radius 2 is 1.03 bits per heavy atom. The Morgan fingerprint density at radius 1 is 0.466 bits per heavy atom. The molecule has 1 aromatic heterocycles. The summed E-state index contributed by atoms with van der Waals surface area (Å²) in [4.78, 5) is 5.56. The predicted molar refractivity (Wildman–Crippen MR) is 318 cm³/mol. The average Bonchev–Trinajstić information content (AvgIpc) is 3.97. The van der Waals surface area contributed by atoms with Gasteiger partial charge in [-0.1, -0.05) is 159 Å². The van der Waals surface area contributed by atoms with Crippen molar-refractivity contribution in [1.82, 2.24) is 0 Å². The van der Waals surface area contributed by atoms with Crippen molar-refractivity contribution in [3.05, 3.63) is 148 Å². The van der Waals surface area contributed by atoms with Crippen LogP contribution < -0.4 is 25.5 Å². The Hall–Kier alpha value is -5.06. The zero-order chi connectivity index (χ0) is 51.5. The quantitative estimate of drug-likeness (QED) is 0.163. The Balaban J connectivity index is 1.20. The van der Waals surface area contributed by atoms with Crippen molar-refractivity contribution in [3.8, 4) is 11.1 Å². The first kappa shape index (κ1) is 47.6. The molecule has 6 aromatic carbocycles. The Morgan fingerprint density at radius 3 is 1.64 bits per heavy atom. The minimum atomic E-state index is -0.123. The van der Waals surface area contributed by atoms with Gasteiger partial charge in [-0.15, -0.1) is 11.3 Å². The normalized spacial score (nSPS) is 23.4. The molecule has 2 atom stereocenters. The van der Waals surface area contributed by atoms with E-state index in [9.17, 15) is 0 Å². The van der Waals surface area contributed by atoms with Gasteiger partial charge in [0.25, 0.3) is 6.71 Å². The molecule has 0 saturated heterocycles. The van der Waals surface area contributed by atoms with Crippen LogP contribution in [0.15, 0.2) is 103 Å². The third kappa shape index (κ3) is 6.79. The number of hydrogen-bond donors (Lipinski definition) is 0. The first-order chi connectivity index (χ1) is 34.1. The van der Waals surface area contributed by atoms with E-state index in [0.29, 0.717) is 0 Å². The minimum absolute atomic E-state index is 0.0175. The zero-order valence-corrected chi connectivity index (χ0v) is 48.0. The maximum absolute atomic E-state index is 2.80. The molecule has 2 bridgehead atoms. The molecule has 7 aromatic rings. The molecule has 4 aliphatic carbocycles. The second-order valence-electron chi connectivity index (χ2n) is 29.4. The van der Waals surface area contributed by atoms with Crippen molar-refractivity contribution in [3.63, 3.8) is 0 Å². The summed E-state index contributed by atoms with van der Waals surface area (Å²) in [6.07, 6.45) is 8.56. The Bertz CT molecular complexity index is 3510. The molecule has 0 spiro atoms. The highest BCUT2D eigenvalue weighted by Crippen LogP contribution is 2.63. The Labute approximate surface area is 443 Å². The highest BCUT2D eigenvalue weighted by Gasteiger charge is 2.54. The number of benzene rings is 6. The van der Waals surface area contributed by atoms with Gasteiger partial charge in [-0.2, -0.15) is 0 Å². The fourth-order valence-electron chi connectivity index (χ4n) is 15.4. The molecule has 1 saturated carbocycles. The summed E-state index contributed by atoms with van der Waals surface area (Å²) in [5.74, 6) is 0. The SMILES string of the molecule is CC(C)(C)c1ccc(N2c3cc(C(C)(C)C)cc4c3B(c3cc5c(cc3N4c3ccc4c(c3)C(C)(C)CCC4(C)C)C(C)(C)CCC5(C)C)c3sc4cc5c(cc4c32)C2(C)CCC5(C)C2)c(-c2ccccc2)c1. The van der Waals surface area contributed by atoms with Gasteiger partial charge in [-0.05, 0) is 204 Å². The van der Waals surface area contributed by atoms with Gasteiger partial charge in [-0.3, -0.25) is 0 Å². The number of thiophene rings is 1. The molecule has 3 heterocycles. The van der Waals surface area contributed by atoms with Gasteiger partial charge in [0.05, 0.1) is 11.4 Å². The number of fused-ring (bicyclic) bond motifs is 13. The lowest BCUT2D eigenvalue weighted by molar-refractivity contribution is 0.332. The lowest BCUT2D eigenvalue weighted by atomic mass is 9.35. The van der Waals surface area contributed by atoms with E-state index >= 15 is 0 Å². The van der Waals surface area contributed by atoms with Crippen LogP contribution in [0.5, 0.6) is 0 Å². The fourth-order valence-corrected chi connectivity index (χ4v) is 16.7. The van der Waals surface area contributed by atoms with E-state index in [4.69, 9.17) is 0 Å². The molecule has 2 nitrogen and oxygen atoms in total. The first-order valence-corrected chi connectivity index (χ1v) is 28.9. The lowest BCUT2D eigenvalue weighted by Gasteiger charge is -2.48. The summed E-state index contributed by atoms with van der Waals surface area (Å²) in [5, 5.41) is 1.42. The van der Waals surface area contributed by atoms with E-state index in [1.54, 1.807) is 11.1 Å². The fraction of sp³-hybridized carbons (Fsp3) is 0.449. The maximum Gasteiger partial charge on any atom is 0.264 e. The van der Waals surface area contributed by atoms with E-state index in [1.165, 1.54) is 149 Å². The van der Waals surface area contributed by atoms with Crippen LogP contribution in [0, 0.1) is 0 Å². The van der Waals surface area contributed by atoms with Gasteiger partial charge in [-0.25, -0.2) is 0 Å². The van der Waals surface area contributed by atoms with E-state index in [-0.39, 0.29) is 50.0 Å². The van der Waals surface area contributed by atoms with Crippen molar-refractivity contribution in [1.29, 1.82) is 0 Å². The van der Waals surface area contributed by atoms with Crippen LogP contribution >= 0.6 is 11.3 Å². The monoisotopic (exact) mass is 979 g/mol. The van der Waals surface area contributed by atoms with Crippen LogP contribution in [0.4, 0.5) is 34.1 Å². The van der Waals surface area contributed by atoms with Crippen LogP contribution in [0.1, 0.15) is 200 Å². The smallest absolute Gasteiger partial charge is 0.264 e. The number of anilines is 6. The van der Waals surface area contributed by atoms with Gasteiger partial charge in [0.2, 0.25) is 0 Å². The van der Waals surface area contributed by atoms with Gasteiger partial charge in [0.1, 0.15) is 0 Å². The summed E-state index contributed by atoms with van der Waals surface area (Å²) in [5.41, 5.74) is 26.0. The van der Waals surface area contributed by atoms with Crippen molar-refractivity contribution in [2.24, 2.45) is 0 Å². The van der Waals surface area contributed by atoms with Crippen molar-refractivity contribution in [2.75, 3.05) is 9.80 Å². The highest BCUT2D eigenvalue weighted by atomic mass is 32.1. The molecule has 0 amide bonds. The average molecular weight is 979 g/mol. The van der Waals surface area contributed by atoms with Gasteiger partial charge < -0.3 is 9.80 Å². The molecule has 73 heavy (non-hydrogen) atoms. The molecule has 1 fully saturated rings. The van der Waals surface area contributed by atoms with E-state index in [0.717, 1.165) is 0 Å². The van der Waals surface area contributed by atoms with Crippen LogP contribution in [0.3, 0.4) is 0 Å². The zero-order valence-electron chi connectivity index (χ0n) is 47.1. The summed E-state index contributed by atoms with van der Waals surface area (Å²) in [6.45, 7) is 39.6.